The number of benzene rings is 1. The first-order valence-electron chi connectivity index (χ1n) is 8.65. The van der Waals surface area contributed by atoms with Crippen LogP contribution in [0, 0.1) is 6.92 Å². The van der Waals surface area contributed by atoms with Gasteiger partial charge in [0.15, 0.2) is 0 Å². The zero-order chi connectivity index (χ0) is 17.6. The van der Waals surface area contributed by atoms with E-state index in [2.05, 4.69) is 51.0 Å². The summed E-state index contributed by atoms with van der Waals surface area (Å²) in [4.78, 5) is 27.2. The molecule has 2 aromatic rings. The molecule has 132 valence electrons. The largest absolute Gasteiger partial charge is 0.338 e. The van der Waals surface area contributed by atoms with Crippen molar-refractivity contribution in [2.45, 2.75) is 13.5 Å². The first-order valence-corrected chi connectivity index (χ1v) is 8.65. The monoisotopic (exact) mass is 339 g/mol. The number of anilines is 1. The molecule has 1 amide bonds. The predicted molar refractivity (Wildman–Crippen MR) is 98.3 cm³/mol. The molecule has 0 unspecified atom stereocenters. The standard InChI is InChI=1S/C19H25N5O/c1-16-4-6-17(7-5-16)14-22(2)15-18(25)23-10-12-24(13-11-23)19-20-8-3-9-21-19/h3-9H,10-15H2,1-2H3. The van der Waals surface area contributed by atoms with Crippen LogP contribution in [0.1, 0.15) is 11.1 Å². The molecule has 3 rings (SSSR count). The Hall–Kier alpha value is -2.47. The molecule has 6 heteroatoms. The molecule has 1 saturated heterocycles. The molecule has 1 aliphatic heterocycles. The van der Waals surface area contributed by atoms with Gasteiger partial charge in [0.1, 0.15) is 0 Å². The van der Waals surface area contributed by atoms with Gasteiger partial charge in [-0.3, -0.25) is 9.69 Å². The average molecular weight is 339 g/mol. The summed E-state index contributed by atoms with van der Waals surface area (Å²) in [5.74, 6) is 0.925. The maximum atomic E-state index is 12.5. The summed E-state index contributed by atoms with van der Waals surface area (Å²) in [5, 5.41) is 0. The first-order chi connectivity index (χ1) is 12.1. The van der Waals surface area contributed by atoms with Crippen molar-refractivity contribution in [1.29, 1.82) is 0 Å². The Kier molecular flexibility index (Phi) is 5.60. The van der Waals surface area contributed by atoms with Gasteiger partial charge < -0.3 is 9.80 Å². The van der Waals surface area contributed by atoms with Crippen LogP contribution >= 0.6 is 0 Å². The van der Waals surface area contributed by atoms with E-state index in [-0.39, 0.29) is 5.91 Å². The summed E-state index contributed by atoms with van der Waals surface area (Å²) < 4.78 is 0. The van der Waals surface area contributed by atoms with Crippen molar-refractivity contribution in [3.05, 3.63) is 53.9 Å². The number of nitrogens with zero attached hydrogens (tertiary/aromatic N) is 5. The Morgan fingerprint density at radius 1 is 1.08 bits per heavy atom. The number of aromatic nitrogens is 2. The molecule has 0 bridgehead atoms. The molecule has 2 heterocycles. The van der Waals surface area contributed by atoms with Crippen LogP contribution in [0.3, 0.4) is 0 Å². The molecule has 0 radical (unpaired) electrons. The second kappa shape index (κ2) is 8.07. The fourth-order valence-electron chi connectivity index (χ4n) is 3.00. The SMILES string of the molecule is Cc1ccc(CN(C)CC(=O)N2CCN(c3ncccn3)CC2)cc1. The normalized spacial score (nSPS) is 14.8. The van der Waals surface area contributed by atoms with E-state index in [9.17, 15) is 4.79 Å². The van der Waals surface area contributed by atoms with E-state index >= 15 is 0 Å². The van der Waals surface area contributed by atoms with Gasteiger partial charge in [-0.15, -0.1) is 0 Å². The molecule has 0 atom stereocenters. The number of hydrogen-bond acceptors (Lipinski definition) is 5. The first kappa shape index (κ1) is 17.4. The molecular formula is C19H25N5O. The average Bonchev–Trinajstić information content (AvgIpc) is 2.64. The summed E-state index contributed by atoms with van der Waals surface area (Å²) in [6.45, 7) is 6.29. The van der Waals surface area contributed by atoms with Gasteiger partial charge in [0.05, 0.1) is 6.54 Å². The van der Waals surface area contributed by atoms with E-state index in [4.69, 9.17) is 0 Å². The van der Waals surface area contributed by atoms with Gasteiger partial charge in [0.2, 0.25) is 11.9 Å². The van der Waals surface area contributed by atoms with E-state index in [1.807, 2.05) is 18.0 Å². The Labute approximate surface area is 149 Å². The lowest BCUT2D eigenvalue weighted by atomic mass is 10.1. The molecule has 1 aliphatic rings. The fourth-order valence-corrected chi connectivity index (χ4v) is 3.00. The van der Waals surface area contributed by atoms with Gasteiger partial charge in [0, 0.05) is 45.1 Å². The van der Waals surface area contributed by atoms with Gasteiger partial charge in [-0.2, -0.15) is 0 Å². The second-order valence-electron chi connectivity index (χ2n) is 6.57. The number of aryl methyl sites for hydroxylation is 1. The molecule has 1 fully saturated rings. The van der Waals surface area contributed by atoms with Crippen molar-refractivity contribution in [3.8, 4) is 0 Å². The molecule has 1 aromatic carbocycles. The summed E-state index contributed by atoms with van der Waals surface area (Å²) in [6.07, 6.45) is 3.50. The van der Waals surface area contributed by atoms with Crippen LogP contribution < -0.4 is 4.90 Å². The topological polar surface area (TPSA) is 52.6 Å². The van der Waals surface area contributed by atoms with Crippen molar-refractivity contribution < 1.29 is 4.79 Å². The molecular weight excluding hydrogens is 314 g/mol. The molecule has 0 N–H and O–H groups in total. The Balaban J connectivity index is 1.46. The number of likely N-dealkylation sites (N-methyl/N-ethyl adjacent to an activating group) is 1. The van der Waals surface area contributed by atoms with Gasteiger partial charge >= 0.3 is 0 Å². The summed E-state index contributed by atoms with van der Waals surface area (Å²) in [5.41, 5.74) is 2.48. The van der Waals surface area contributed by atoms with E-state index in [1.165, 1.54) is 11.1 Å². The molecule has 0 saturated carbocycles. The summed E-state index contributed by atoms with van der Waals surface area (Å²) >= 11 is 0. The highest BCUT2D eigenvalue weighted by molar-refractivity contribution is 5.78. The summed E-state index contributed by atoms with van der Waals surface area (Å²) in [7, 11) is 1.99. The quantitative estimate of drug-likeness (QED) is 0.828. The zero-order valence-corrected chi connectivity index (χ0v) is 14.9. The van der Waals surface area contributed by atoms with Crippen LogP contribution in [-0.4, -0.2) is 65.4 Å². The third-order valence-corrected chi connectivity index (χ3v) is 4.45. The van der Waals surface area contributed by atoms with Gasteiger partial charge in [0.25, 0.3) is 0 Å². The second-order valence-corrected chi connectivity index (χ2v) is 6.57. The number of carbonyl (C=O) groups excluding carboxylic acids is 1. The fraction of sp³-hybridized carbons (Fsp3) is 0.421. The number of amides is 1. The minimum absolute atomic E-state index is 0.184. The van der Waals surface area contributed by atoms with Crippen molar-refractivity contribution in [1.82, 2.24) is 19.8 Å². The molecule has 0 spiro atoms. The van der Waals surface area contributed by atoms with Crippen molar-refractivity contribution in [2.75, 3.05) is 44.7 Å². The van der Waals surface area contributed by atoms with Crippen LogP contribution in [-0.2, 0) is 11.3 Å². The third-order valence-electron chi connectivity index (χ3n) is 4.45. The van der Waals surface area contributed by atoms with Gasteiger partial charge in [-0.1, -0.05) is 29.8 Å². The highest BCUT2D eigenvalue weighted by Gasteiger charge is 2.23. The maximum absolute atomic E-state index is 12.5. The minimum atomic E-state index is 0.184. The van der Waals surface area contributed by atoms with E-state index < -0.39 is 0 Å². The van der Waals surface area contributed by atoms with Gasteiger partial charge in [-0.25, -0.2) is 9.97 Å². The van der Waals surface area contributed by atoms with Crippen LogP contribution in [0.15, 0.2) is 42.7 Å². The zero-order valence-electron chi connectivity index (χ0n) is 14.9. The lowest BCUT2D eigenvalue weighted by molar-refractivity contribution is -0.132. The van der Waals surface area contributed by atoms with E-state index in [1.54, 1.807) is 12.4 Å². The smallest absolute Gasteiger partial charge is 0.236 e. The Bertz CT molecular complexity index is 681. The van der Waals surface area contributed by atoms with Crippen LogP contribution in [0.4, 0.5) is 5.95 Å². The summed E-state index contributed by atoms with van der Waals surface area (Å²) in [6, 6.07) is 10.3. The molecule has 1 aromatic heterocycles. The lowest BCUT2D eigenvalue weighted by Gasteiger charge is -2.35. The van der Waals surface area contributed by atoms with Crippen molar-refractivity contribution >= 4 is 11.9 Å². The van der Waals surface area contributed by atoms with Crippen molar-refractivity contribution in [2.24, 2.45) is 0 Å². The maximum Gasteiger partial charge on any atom is 0.236 e. The predicted octanol–water partition coefficient (Wildman–Crippen LogP) is 1.57. The Morgan fingerprint density at radius 3 is 2.36 bits per heavy atom. The van der Waals surface area contributed by atoms with E-state index in [0.29, 0.717) is 6.54 Å². The highest BCUT2D eigenvalue weighted by atomic mass is 16.2. The van der Waals surface area contributed by atoms with Crippen LogP contribution in [0.25, 0.3) is 0 Å². The minimum Gasteiger partial charge on any atom is -0.338 e. The third kappa shape index (κ3) is 4.76. The number of piperazine rings is 1. The van der Waals surface area contributed by atoms with Gasteiger partial charge in [-0.05, 0) is 25.6 Å². The number of hydrogen-bond donors (Lipinski definition) is 0. The lowest BCUT2D eigenvalue weighted by Crippen LogP contribution is -2.51. The Morgan fingerprint density at radius 2 is 1.72 bits per heavy atom. The number of rotatable bonds is 5. The number of carbonyl (C=O) groups is 1. The van der Waals surface area contributed by atoms with Crippen LogP contribution in [0.2, 0.25) is 0 Å². The molecule has 25 heavy (non-hydrogen) atoms. The molecule has 6 nitrogen and oxygen atoms in total. The van der Waals surface area contributed by atoms with Crippen LogP contribution in [0.5, 0.6) is 0 Å². The van der Waals surface area contributed by atoms with E-state index in [0.717, 1.165) is 38.7 Å². The highest BCUT2D eigenvalue weighted by Crippen LogP contribution is 2.11. The van der Waals surface area contributed by atoms with Crippen molar-refractivity contribution in [3.63, 3.8) is 0 Å². The molecule has 0 aliphatic carbocycles.